The monoisotopic (exact) mass is 268 g/mol. The van der Waals surface area contributed by atoms with Crippen molar-refractivity contribution in [3.63, 3.8) is 0 Å². The zero-order chi connectivity index (χ0) is 13.6. The predicted molar refractivity (Wildman–Crippen MR) is 75.4 cm³/mol. The second kappa shape index (κ2) is 6.65. The van der Waals surface area contributed by atoms with Gasteiger partial charge in [-0.3, -0.25) is 0 Å². The van der Waals surface area contributed by atoms with E-state index in [2.05, 4.69) is 6.92 Å². The number of aliphatic hydroxyl groups is 1. The number of hydrogen-bond donors (Lipinski definition) is 1. The molecule has 0 amide bonds. The Hall–Kier alpha value is -0.700. The lowest BCUT2D eigenvalue weighted by Crippen LogP contribution is -2.41. The van der Waals surface area contributed by atoms with E-state index in [0.29, 0.717) is 0 Å². The van der Waals surface area contributed by atoms with Crippen LogP contribution in [0.2, 0.25) is 0 Å². The third kappa shape index (κ3) is 3.25. The van der Waals surface area contributed by atoms with E-state index >= 15 is 0 Å². The van der Waals surface area contributed by atoms with Crippen LogP contribution in [0.5, 0.6) is 0 Å². The first kappa shape index (κ1) is 14.7. The Morgan fingerprint density at radius 1 is 0.947 bits per heavy atom. The van der Waals surface area contributed by atoms with Gasteiger partial charge in [0.2, 0.25) is 0 Å². The first-order chi connectivity index (χ1) is 9.29. The van der Waals surface area contributed by atoms with Crippen molar-refractivity contribution in [1.82, 2.24) is 0 Å². The van der Waals surface area contributed by atoms with Crippen LogP contribution in [-0.4, -0.2) is 17.5 Å². The molecule has 0 atom stereocenters. The topological polar surface area (TPSA) is 38.7 Å². The molecule has 0 spiro atoms. The molecule has 1 aliphatic carbocycles. The zero-order valence-electron chi connectivity index (χ0n) is 12.2. The number of unbranched alkanes of at least 4 members (excludes halogenated alkanes) is 4. The molecule has 0 unspecified atom stereocenters. The van der Waals surface area contributed by atoms with Gasteiger partial charge in [0, 0.05) is 18.4 Å². The van der Waals surface area contributed by atoms with Gasteiger partial charge in [0.25, 0.3) is 5.79 Å². The van der Waals surface area contributed by atoms with Crippen LogP contribution < -0.4 is 0 Å². The first-order valence-electron chi connectivity index (χ1n) is 7.90. The lowest BCUT2D eigenvalue weighted by Gasteiger charge is -2.36. The van der Waals surface area contributed by atoms with Crippen molar-refractivity contribution >= 4 is 0 Å². The van der Waals surface area contributed by atoms with Crippen LogP contribution >= 0.6 is 0 Å². The highest BCUT2D eigenvalue weighted by Crippen LogP contribution is 2.62. The van der Waals surface area contributed by atoms with Crippen molar-refractivity contribution < 1.29 is 14.6 Å². The molecule has 0 aromatic heterocycles. The largest absolute Gasteiger partial charge is 0.456 e. The summed E-state index contributed by atoms with van der Waals surface area (Å²) in [7, 11) is 0. The number of aliphatic hydroxyl groups excluding tert-OH is 1. The molecule has 3 heteroatoms. The van der Waals surface area contributed by atoms with Crippen LogP contribution in [0, 0.1) is 5.41 Å². The molecule has 0 saturated heterocycles. The van der Waals surface area contributed by atoms with Gasteiger partial charge in [-0.1, -0.05) is 32.6 Å². The second-order valence-corrected chi connectivity index (χ2v) is 6.03. The van der Waals surface area contributed by atoms with Crippen LogP contribution in [0.1, 0.15) is 71.1 Å². The number of ether oxygens (including phenoxy) is 2. The van der Waals surface area contributed by atoms with E-state index < -0.39 is 5.79 Å². The molecule has 1 aliphatic heterocycles. The zero-order valence-corrected chi connectivity index (χ0v) is 12.2. The Labute approximate surface area is 117 Å². The van der Waals surface area contributed by atoms with E-state index in [1.54, 1.807) is 12.5 Å². The van der Waals surface area contributed by atoms with E-state index in [-0.39, 0.29) is 12.0 Å². The highest BCUT2D eigenvalue weighted by molar-refractivity contribution is 5.07. The lowest BCUT2D eigenvalue weighted by atomic mass is 9.86. The lowest BCUT2D eigenvalue weighted by molar-refractivity contribution is -0.201. The molecule has 110 valence electrons. The maximum Gasteiger partial charge on any atom is 0.255 e. The van der Waals surface area contributed by atoms with Crippen molar-refractivity contribution in [2.45, 2.75) is 76.9 Å². The molecule has 2 rings (SSSR count). The van der Waals surface area contributed by atoms with Crippen LogP contribution in [0.3, 0.4) is 0 Å². The minimum atomic E-state index is -0.422. The summed E-state index contributed by atoms with van der Waals surface area (Å²) in [5.74, 6) is -0.422. The SMILES string of the molecule is CCCCCCCC1(C2(CCCO)CC2)OC=CO1. The fraction of sp³-hybridized carbons (Fsp3) is 0.875. The van der Waals surface area contributed by atoms with E-state index in [0.717, 1.165) is 19.3 Å². The van der Waals surface area contributed by atoms with Crippen molar-refractivity contribution in [2.75, 3.05) is 6.61 Å². The van der Waals surface area contributed by atoms with Crippen LogP contribution in [0.25, 0.3) is 0 Å². The van der Waals surface area contributed by atoms with Crippen LogP contribution in [0.4, 0.5) is 0 Å². The van der Waals surface area contributed by atoms with E-state index in [1.165, 1.54) is 44.9 Å². The van der Waals surface area contributed by atoms with Crippen LogP contribution in [-0.2, 0) is 9.47 Å². The third-order valence-electron chi connectivity index (χ3n) is 4.66. The summed E-state index contributed by atoms with van der Waals surface area (Å²) in [4.78, 5) is 0. The molecule has 0 aromatic rings. The minimum absolute atomic E-state index is 0.157. The standard InChI is InChI=1S/C16H28O3/c1-2-3-4-5-6-9-16(18-13-14-19-16)15(10-11-15)8-7-12-17/h13-14,17H,2-12H2,1H3. The number of hydrogen-bond acceptors (Lipinski definition) is 3. The van der Waals surface area contributed by atoms with Gasteiger partial charge >= 0.3 is 0 Å². The highest BCUT2D eigenvalue weighted by Gasteiger charge is 2.62. The molecular formula is C16H28O3. The highest BCUT2D eigenvalue weighted by atomic mass is 16.7. The van der Waals surface area contributed by atoms with Gasteiger partial charge in [0.05, 0.1) is 0 Å². The van der Waals surface area contributed by atoms with Crippen molar-refractivity contribution in [2.24, 2.45) is 5.41 Å². The Kier molecular flexibility index (Phi) is 5.14. The minimum Gasteiger partial charge on any atom is -0.456 e. The Balaban J connectivity index is 1.84. The van der Waals surface area contributed by atoms with Crippen molar-refractivity contribution in [1.29, 1.82) is 0 Å². The molecular weight excluding hydrogens is 240 g/mol. The van der Waals surface area contributed by atoms with Gasteiger partial charge in [-0.15, -0.1) is 0 Å². The average molecular weight is 268 g/mol. The molecule has 19 heavy (non-hydrogen) atoms. The van der Waals surface area contributed by atoms with Crippen molar-refractivity contribution in [3.8, 4) is 0 Å². The Morgan fingerprint density at radius 3 is 2.21 bits per heavy atom. The summed E-state index contributed by atoms with van der Waals surface area (Å²) in [6, 6.07) is 0. The fourth-order valence-electron chi connectivity index (χ4n) is 3.29. The molecule has 1 N–H and O–H groups in total. The molecule has 3 nitrogen and oxygen atoms in total. The molecule has 0 bridgehead atoms. The van der Waals surface area contributed by atoms with E-state index in [4.69, 9.17) is 14.6 Å². The number of rotatable bonds is 10. The Bertz CT molecular complexity index is 286. The third-order valence-corrected chi connectivity index (χ3v) is 4.66. The molecule has 0 aromatic carbocycles. The van der Waals surface area contributed by atoms with E-state index in [9.17, 15) is 0 Å². The van der Waals surface area contributed by atoms with Gasteiger partial charge in [0.15, 0.2) is 0 Å². The summed E-state index contributed by atoms with van der Waals surface area (Å²) < 4.78 is 11.8. The molecule has 1 heterocycles. The summed E-state index contributed by atoms with van der Waals surface area (Å²) in [6.07, 6.45) is 14.9. The molecule has 1 saturated carbocycles. The molecule has 2 aliphatic rings. The maximum absolute atomic E-state index is 9.06. The van der Waals surface area contributed by atoms with E-state index in [1.807, 2.05) is 0 Å². The average Bonchev–Trinajstić information content (AvgIpc) is 3.08. The summed E-state index contributed by atoms with van der Waals surface area (Å²) in [5.41, 5.74) is 0.157. The first-order valence-corrected chi connectivity index (χ1v) is 7.90. The van der Waals surface area contributed by atoms with Gasteiger partial charge < -0.3 is 14.6 Å². The van der Waals surface area contributed by atoms with Gasteiger partial charge in [-0.2, -0.15) is 0 Å². The Morgan fingerprint density at radius 2 is 1.63 bits per heavy atom. The summed E-state index contributed by atoms with van der Waals surface area (Å²) in [5, 5.41) is 9.06. The van der Waals surface area contributed by atoms with Crippen LogP contribution in [0.15, 0.2) is 12.5 Å². The molecule has 0 radical (unpaired) electrons. The normalized spacial score (nSPS) is 22.0. The summed E-state index contributed by atoms with van der Waals surface area (Å²) >= 11 is 0. The summed E-state index contributed by atoms with van der Waals surface area (Å²) in [6.45, 7) is 2.50. The van der Waals surface area contributed by atoms with Gasteiger partial charge in [0.1, 0.15) is 12.5 Å². The molecule has 1 fully saturated rings. The fourth-order valence-corrected chi connectivity index (χ4v) is 3.29. The predicted octanol–water partition coefficient (Wildman–Crippen LogP) is 4.11. The smallest absolute Gasteiger partial charge is 0.255 e. The van der Waals surface area contributed by atoms with Crippen molar-refractivity contribution in [3.05, 3.63) is 12.5 Å². The second-order valence-electron chi connectivity index (χ2n) is 6.03. The maximum atomic E-state index is 9.06. The van der Waals surface area contributed by atoms with Gasteiger partial charge in [-0.25, -0.2) is 0 Å². The quantitative estimate of drug-likeness (QED) is 0.606. The van der Waals surface area contributed by atoms with Gasteiger partial charge in [-0.05, 0) is 32.1 Å².